The van der Waals surface area contributed by atoms with E-state index in [0.717, 1.165) is 22.3 Å². The summed E-state index contributed by atoms with van der Waals surface area (Å²) in [5.41, 5.74) is 3.82. The summed E-state index contributed by atoms with van der Waals surface area (Å²) in [6.07, 6.45) is -0.575. The zero-order chi connectivity index (χ0) is 24.5. The molecule has 1 saturated heterocycles. The van der Waals surface area contributed by atoms with Gasteiger partial charge in [-0.15, -0.1) is 11.8 Å². The zero-order valence-electron chi connectivity index (χ0n) is 19.2. The van der Waals surface area contributed by atoms with Gasteiger partial charge in [0.25, 0.3) is 5.92 Å². The molecule has 1 aliphatic heterocycles. The van der Waals surface area contributed by atoms with Crippen molar-refractivity contribution in [2.24, 2.45) is 0 Å². The van der Waals surface area contributed by atoms with Gasteiger partial charge in [-0.1, -0.05) is 36.4 Å². The maximum atomic E-state index is 13.4. The molecule has 184 valence electrons. The van der Waals surface area contributed by atoms with E-state index in [9.17, 15) is 24.1 Å². The van der Waals surface area contributed by atoms with E-state index in [2.05, 4.69) is 0 Å². The molecule has 4 rings (SSSR count). The predicted octanol–water partition coefficient (Wildman–Crippen LogP) is 4.33. The normalized spacial score (nSPS) is 28.9. The Morgan fingerprint density at radius 2 is 1.79 bits per heavy atom. The van der Waals surface area contributed by atoms with Crippen LogP contribution in [0.15, 0.2) is 48.5 Å². The number of hydrogen-bond acceptors (Lipinski definition) is 6. The minimum absolute atomic E-state index is 0.122. The van der Waals surface area contributed by atoms with Crippen LogP contribution in [-0.2, 0) is 11.2 Å². The Morgan fingerprint density at radius 3 is 2.41 bits per heavy atom. The number of benzene rings is 2. The second-order valence-electron chi connectivity index (χ2n) is 8.87. The lowest BCUT2D eigenvalue weighted by Crippen LogP contribution is -2.52. The van der Waals surface area contributed by atoms with Gasteiger partial charge in [-0.25, -0.2) is 8.78 Å². The van der Waals surface area contributed by atoms with Gasteiger partial charge >= 0.3 is 0 Å². The summed E-state index contributed by atoms with van der Waals surface area (Å²) in [6.45, 7) is 0. The Bertz CT molecular complexity index is 1020. The third-order valence-corrected chi connectivity index (χ3v) is 7.42. The molecular weight excluding hydrogens is 462 g/mol. The van der Waals surface area contributed by atoms with E-state index in [0.29, 0.717) is 24.2 Å². The van der Waals surface area contributed by atoms with Crippen LogP contribution in [0.3, 0.4) is 0 Å². The number of alkyl halides is 2. The molecule has 0 saturated carbocycles. The highest BCUT2D eigenvalue weighted by Gasteiger charge is 2.44. The zero-order valence-corrected chi connectivity index (χ0v) is 20.0. The van der Waals surface area contributed by atoms with E-state index in [1.165, 1.54) is 11.8 Å². The van der Waals surface area contributed by atoms with Crippen molar-refractivity contribution in [3.63, 3.8) is 0 Å². The molecule has 0 bridgehead atoms. The first-order valence-electron chi connectivity index (χ1n) is 11.3. The molecule has 1 unspecified atom stereocenters. The minimum Gasteiger partial charge on any atom is -0.496 e. The summed E-state index contributed by atoms with van der Waals surface area (Å²) in [7, 11) is 1.59. The van der Waals surface area contributed by atoms with Gasteiger partial charge in [0, 0.05) is 19.3 Å². The number of ether oxygens (including phenoxy) is 2. The first-order chi connectivity index (χ1) is 16.2. The largest absolute Gasteiger partial charge is 0.496 e. The smallest absolute Gasteiger partial charge is 0.251 e. The molecule has 1 heterocycles. The molecular formula is C26H30F2O5S. The van der Waals surface area contributed by atoms with Crippen LogP contribution >= 0.6 is 11.8 Å². The Balaban J connectivity index is 1.54. The number of thioether (sulfide) groups is 1. The van der Waals surface area contributed by atoms with Crippen molar-refractivity contribution in [1.29, 1.82) is 0 Å². The first-order valence-corrected chi connectivity index (χ1v) is 12.6. The number of rotatable bonds is 6. The molecule has 34 heavy (non-hydrogen) atoms. The fraction of sp³-hybridized carbons (Fsp3) is 0.462. The summed E-state index contributed by atoms with van der Waals surface area (Å²) in [6, 6.07) is 13.3. The van der Waals surface area contributed by atoms with Crippen molar-refractivity contribution in [2.75, 3.05) is 13.4 Å². The van der Waals surface area contributed by atoms with Gasteiger partial charge in [0.1, 0.15) is 35.6 Å². The Kier molecular flexibility index (Phi) is 7.64. The second-order valence-corrected chi connectivity index (χ2v) is 9.80. The monoisotopic (exact) mass is 492 g/mol. The van der Waals surface area contributed by atoms with E-state index in [1.54, 1.807) is 31.6 Å². The molecule has 3 N–H and O–H groups in total. The number of hydrogen-bond donors (Lipinski definition) is 3. The first kappa shape index (κ1) is 25.1. The molecule has 2 aliphatic rings. The second kappa shape index (κ2) is 10.3. The lowest BCUT2D eigenvalue weighted by atomic mass is 9.90. The average molecular weight is 493 g/mol. The van der Waals surface area contributed by atoms with Crippen LogP contribution in [0.1, 0.15) is 47.6 Å². The van der Waals surface area contributed by atoms with Crippen LogP contribution in [0.4, 0.5) is 8.78 Å². The molecule has 5 atom stereocenters. The van der Waals surface area contributed by atoms with Gasteiger partial charge in [0.2, 0.25) is 0 Å². The van der Waals surface area contributed by atoms with Gasteiger partial charge in [-0.3, -0.25) is 0 Å². The van der Waals surface area contributed by atoms with Crippen LogP contribution in [0.25, 0.3) is 5.57 Å². The van der Waals surface area contributed by atoms with E-state index in [4.69, 9.17) is 9.47 Å². The third-order valence-electron chi connectivity index (χ3n) is 6.56. The van der Waals surface area contributed by atoms with Crippen molar-refractivity contribution in [2.45, 2.75) is 61.5 Å². The van der Waals surface area contributed by atoms with Crippen LogP contribution in [0.2, 0.25) is 0 Å². The van der Waals surface area contributed by atoms with Crippen LogP contribution in [0, 0.1) is 0 Å². The van der Waals surface area contributed by atoms with Crippen molar-refractivity contribution in [3.8, 4) is 5.75 Å². The summed E-state index contributed by atoms with van der Waals surface area (Å²) in [5.74, 6) is -1.93. The average Bonchev–Trinajstić information content (AvgIpc) is 2.83. The van der Waals surface area contributed by atoms with E-state index in [-0.39, 0.29) is 12.8 Å². The topological polar surface area (TPSA) is 79.2 Å². The van der Waals surface area contributed by atoms with Gasteiger partial charge in [0.15, 0.2) is 0 Å². The quantitative estimate of drug-likeness (QED) is 0.557. The van der Waals surface area contributed by atoms with Crippen molar-refractivity contribution in [1.82, 2.24) is 0 Å². The highest BCUT2D eigenvalue weighted by Crippen LogP contribution is 2.38. The van der Waals surface area contributed by atoms with Crippen LogP contribution in [0.5, 0.6) is 5.75 Å². The molecule has 0 amide bonds. The SMILES string of the molecule is COc1ccc(C2O[C@H](SC)[C@@H](O)[C@H](O)[C@H]2O)cc1Cc1ccc(C2=CCC(F)(F)CC2)cc1. The van der Waals surface area contributed by atoms with E-state index < -0.39 is 35.8 Å². The number of methoxy groups -OCH3 is 1. The Morgan fingerprint density at radius 1 is 1.06 bits per heavy atom. The number of aliphatic hydroxyl groups is 3. The summed E-state index contributed by atoms with van der Waals surface area (Å²) in [5, 5.41) is 31.0. The van der Waals surface area contributed by atoms with Crippen molar-refractivity contribution < 1.29 is 33.6 Å². The molecule has 0 spiro atoms. The van der Waals surface area contributed by atoms with Crippen LogP contribution in [-0.4, -0.2) is 58.4 Å². The molecule has 1 aliphatic carbocycles. The third kappa shape index (κ3) is 5.31. The van der Waals surface area contributed by atoms with Gasteiger partial charge in [0.05, 0.1) is 7.11 Å². The van der Waals surface area contributed by atoms with Crippen molar-refractivity contribution >= 4 is 17.3 Å². The Hall–Kier alpha value is -1.97. The van der Waals surface area contributed by atoms with Gasteiger partial charge < -0.3 is 24.8 Å². The lowest BCUT2D eigenvalue weighted by molar-refractivity contribution is -0.200. The van der Waals surface area contributed by atoms with Gasteiger partial charge in [-0.05, 0) is 52.6 Å². The molecule has 0 radical (unpaired) electrons. The summed E-state index contributed by atoms with van der Waals surface area (Å²) in [4.78, 5) is 0. The fourth-order valence-electron chi connectivity index (χ4n) is 4.54. The molecule has 2 aromatic rings. The van der Waals surface area contributed by atoms with Gasteiger partial charge in [-0.2, -0.15) is 0 Å². The molecule has 1 fully saturated rings. The molecule has 5 nitrogen and oxygen atoms in total. The maximum Gasteiger partial charge on any atom is 0.251 e. The highest BCUT2D eigenvalue weighted by atomic mass is 32.2. The van der Waals surface area contributed by atoms with E-state index in [1.807, 2.05) is 30.3 Å². The number of aliphatic hydroxyl groups excluding tert-OH is 3. The maximum absolute atomic E-state index is 13.4. The minimum atomic E-state index is -2.61. The molecule has 8 heteroatoms. The number of allylic oxidation sites excluding steroid dienone is 2. The van der Waals surface area contributed by atoms with E-state index >= 15 is 0 Å². The summed E-state index contributed by atoms with van der Waals surface area (Å²) < 4.78 is 38.3. The Labute approximate surface area is 202 Å². The van der Waals surface area contributed by atoms with Crippen LogP contribution < -0.4 is 4.74 Å². The predicted molar refractivity (Wildman–Crippen MR) is 128 cm³/mol. The lowest BCUT2D eigenvalue weighted by Gasteiger charge is -2.40. The molecule has 2 aromatic carbocycles. The van der Waals surface area contributed by atoms with Crippen molar-refractivity contribution in [3.05, 3.63) is 70.8 Å². The highest BCUT2D eigenvalue weighted by molar-refractivity contribution is 7.99. The number of halogens is 2. The standard InChI is InChI=1S/C26H30F2O5S/c1-32-20-8-7-18(24-22(30)21(29)23(31)25(33-24)34-2)14-19(20)13-15-3-5-16(6-4-15)17-9-11-26(27,28)12-10-17/h3-9,14,21-25,29-31H,10-13H2,1-2H3/t21-,22-,23+,24?,25-/m1/s1. The fourth-order valence-corrected chi connectivity index (χ4v) is 5.22. The molecule has 0 aromatic heterocycles. The summed E-state index contributed by atoms with van der Waals surface area (Å²) >= 11 is 1.27.